The van der Waals surface area contributed by atoms with Gasteiger partial charge in [0.2, 0.25) is 0 Å². The van der Waals surface area contributed by atoms with Crippen LogP contribution in [0.3, 0.4) is 0 Å². The molecule has 1 atom stereocenters. The van der Waals surface area contributed by atoms with Gasteiger partial charge in [0, 0.05) is 0 Å². The Morgan fingerprint density at radius 1 is 1.53 bits per heavy atom. The molecule has 1 aromatic carbocycles. The maximum Gasteiger partial charge on any atom is 0.328 e. The molecule has 1 heterocycles. The summed E-state index contributed by atoms with van der Waals surface area (Å²) in [5.41, 5.74) is 2.53. The van der Waals surface area contributed by atoms with Gasteiger partial charge in [0.15, 0.2) is 0 Å². The van der Waals surface area contributed by atoms with E-state index in [1.54, 1.807) is 6.92 Å². The molecule has 1 unspecified atom stereocenters. The fraction of sp³-hybridized carbons (Fsp3) is 0.300. The van der Waals surface area contributed by atoms with E-state index in [1.807, 2.05) is 25.1 Å². The van der Waals surface area contributed by atoms with Crippen molar-refractivity contribution in [2.24, 2.45) is 0 Å². The van der Waals surface area contributed by atoms with Crippen LogP contribution in [0.1, 0.15) is 18.5 Å². The number of aryl methyl sites for hydroxylation is 1. The van der Waals surface area contributed by atoms with Gasteiger partial charge in [0.25, 0.3) is 0 Å². The lowest BCUT2D eigenvalue weighted by Gasteiger charge is -2.06. The standard InChI is InChI=1S/C10H11N3O2/c1-6-3-4-8-9(5-6)13(12-11-8)7(2)10(14)15/h3-5,7H,1-2H3,(H,14,15). The number of carbonyl (C=O) groups is 1. The Morgan fingerprint density at radius 3 is 2.93 bits per heavy atom. The van der Waals surface area contributed by atoms with E-state index < -0.39 is 12.0 Å². The molecule has 2 aromatic rings. The largest absolute Gasteiger partial charge is 0.480 e. The van der Waals surface area contributed by atoms with Crippen LogP contribution >= 0.6 is 0 Å². The van der Waals surface area contributed by atoms with Crippen molar-refractivity contribution in [3.63, 3.8) is 0 Å². The van der Waals surface area contributed by atoms with Crippen LogP contribution in [0.2, 0.25) is 0 Å². The molecule has 0 fully saturated rings. The Hall–Kier alpha value is -1.91. The van der Waals surface area contributed by atoms with Gasteiger partial charge in [-0.25, -0.2) is 9.48 Å². The maximum absolute atomic E-state index is 10.8. The van der Waals surface area contributed by atoms with Gasteiger partial charge in [0.1, 0.15) is 11.6 Å². The third kappa shape index (κ3) is 1.56. The summed E-state index contributed by atoms with van der Waals surface area (Å²) in [6, 6.07) is 4.95. The summed E-state index contributed by atoms with van der Waals surface area (Å²) in [6.07, 6.45) is 0. The SMILES string of the molecule is Cc1ccc2nnn(C(C)C(=O)O)c2c1. The molecule has 0 spiro atoms. The zero-order valence-corrected chi connectivity index (χ0v) is 8.51. The molecule has 78 valence electrons. The zero-order chi connectivity index (χ0) is 11.0. The first-order valence-electron chi connectivity index (χ1n) is 4.64. The average Bonchev–Trinajstić information content (AvgIpc) is 2.59. The van der Waals surface area contributed by atoms with Gasteiger partial charge < -0.3 is 5.11 Å². The quantitative estimate of drug-likeness (QED) is 0.804. The molecule has 0 radical (unpaired) electrons. The summed E-state index contributed by atoms with van der Waals surface area (Å²) >= 11 is 0. The highest BCUT2D eigenvalue weighted by Gasteiger charge is 2.17. The van der Waals surface area contributed by atoms with E-state index in [2.05, 4.69) is 10.3 Å². The first-order chi connectivity index (χ1) is 7.09. The van der Waals surface area contributed by atoms with E-state index in [9.17, 15) is 4.79 Å². The summed E-state index contributed by atoms with van der Waals surface area (Å²) in [5.74, 6) is -0.914. The molecule has 1 aromatic heterocycles. The summed E-state index contributed by atoms with van der Waals surface area (Å²) in [7, 11) is 0. The first kappa shape index (κ1) is 9.64. The first-order valence-corrected chi connectivity index (χ1v) is 4.64. The van der Waals surface area contributed by atoms with Crippen LogP contribution in [0.25, 0.3) is 11.0 Å². The number of benzene rings is 1. The van der Waals surface area contributed by atoms with Crippen molar-refractivity contribution in [2.75, 3.05) is 0 Å². The zero-order valence-electron chi connectivity index (χ0n) is 8.51. The van der Waals surface area contributed by atoms with Crippen molar-refractivity contribution in [2.45, 2.75) is 19.9 Å². The highest BCUT2D eigenvalue weighted by Crippen LogP contribution is 2.16. The van der Waals surface area contributed by atoms with E-state index >= 15 is 0 Å². The minimum atomic E-state index is -0.914. The number of nitrogens with zero attached hydrogens (tertiary/aromatic N) is 3. The highest BCUT2D eigenvalue weighted by molar-refractivity contribution is 5.78. The minimum Gasteiger partial charge on any atom is -0.480 e. The van der Waals surface area contributed by atoms with E-state index in [1.165, 1.54) is 4.68 Å². The molecule has 5 heteroatoms. The van der Waals surface area contributed by atoms with Gasteiger partial charge in [0.05, 0.1) is 5.52 Å². The molecule has 15 heavy (non-hydrogen) atoms. The van der Waals surface area contributed by atoms with Crippen LogP contribution in [-0.4, -0.2) is 26.1 Å². The number of aliphatic carboxylic acids is 1. The summed E-state index contributed by atoms with van der Waals surface area (Å²) in [5, 5.41) is 16.7. The number of carboxylic acids is 1. The van der Waals surface area contributed by atoms with Crippen LogP contribution < -0.4 is 0 Å². The molecule has 1 N–H and O–H groups in total. The molecule has 0 aliphatic carbocycles. The van der Waals surface area contributed by atoms with E-state index in [4.69, 9.17) is 5.11 Å². The van der Waals surface area contributed by atoms with E-state index in [0.717, 1.165) is 11.1 Å². The number of carboxylic acid groups (broad SMARTS) is 1. The molecule has 0 aliphatic rings. The number of fused-ring (bicyclic) bond motifs is 1. The second-order valence-electron chi connectivity index (χ2n) is 3.54. The molecule has 0 saturated carbocycles. The Kier molecular flexibility index (Phi) is 2.15. The minimum absolute atomic E-state index is 0.697. The maximum atomic E-state index is 10.8. The van der Waals surface area contributed by atoms with Crippen molar-refractivity contribution in [3.8, 4) is 0 Å². The van der Waals surface area contributed by atoms with Crippen LogP contribution in [0.15, 0.2) is 18.2 Å². The van der Waals surface area contributed by atoms with Gasteiger partial charge in [-0.15, -0.1) is 5.10 Å². The van der Waals surface area contributed by atoms with Crippen molar-refractivity contribution < 1.29 is 9.90 Å². The molecular formula is C10H11N3O2. The molecular weight excluding hydrogens is 194 g/mol. The Balaban J connectivity index is 2.61. The van der Waals surface area contributed by atoms with Crippen LogP contribution in [0.4, 0.5) is 0 Å². The van der Waals surface area contributed by atoms with Gasteiger partial charge in [-0.05, 0) is 31.5 Å². The Labute approximate surface area is 86.3 Å². The average molecular weight is 205 g/mol. The molecule has 2 rings (SSSR count). The van der Waals surface area contributed by atoms with Gasteiger partial charge in [-0.1, -0.05) is 11.3 Å². The summed E-state index contributed by atoms with van der Waals surface area (Å²) in [4.78, 5) is 10.8. The monoisotopic (exact) mass is 205 g/mol. The lowest BCUT2D eigenvalue weighted by Crippen LogP contribution is -2.16. The molecule has 0 bridgehead atoms. The predicted molar refractivity (Wildman–Crippen MR) is 54.6 cm³/mol. The normalized spacial score (nSPS) is 12.9. The third-order valence-electron chi connectivity index (χ3n) is 2.35. The third-order valence-corrected chi connectivity index (χ3v) is 2.35. The fourth-order valence-electron chi connectivity index (χ4n) is 1.44. The van der Waals surface area contributed by atoms with Crippen molar-refractivity contribution in [1.82, 2.24) is 15.0 Å². The second-order valence-corrected chi connectivity index (χ2v) is 3.54. The van der Waals surface area contributed by atoms with E-state index in [0.29, 0.717) is 5.52 Å². The molecule has 0 saturated heterocycles. The predicted octanol–water partition coefficient (Wildman–Crippen LogP) is 1.39. The molecule has 0 aliphatic heterocycles. The van der Waals surface area contributed by atoms with Gasteiger partial charge in [-0.3, -0.25) is 0 Å². The number of hydrogen-bond donors (Lipinski definition) is 1. The number of aromatic nitrogens is 3. The van der Waals surface area contributed by atoms with E-state index in [-0.39, 0.29) is 0 Å². The Bertz CT molecular complexity index is 518. The second kappa shape index (κ2) is 3.34. The topological polar surface area (TPSA) is 68.0 Å². The number of hydrogen-bond acceptors (Lipinski definition) is 3. The summed E-state index contributed by atoms with van der Waals surface area (Å²) in [6.45, 7) is 3.53. The van der Waals surface area contributed by atoms with Crippen LogP contribution in [0, 0.1) is 6.92 Å². The highest BCUT2D eigenvalue weighted by atomic mass is 16.4. The van der Waals surface area contributed by atoms with Gasteiger partial charge in [-0.2, -0.15) is 0 Å². The smallest absolute Gasteiger partial charge is 0.328 e. The van der Waals surface area contributed by atoms with Crippen molar-refractivity contribution in [1.29, 1.82) is 0 Å². The lowest BCUT2D eigenvalue weighted by atomic mass is 10.2. The van der Waals surface area contributed by atoms with Crippen molar-refractivity contribution >= 4 is 17.0 Å². The van der Waals surface area contributed by atoms with Crippen LogP contribution in [-0.2, 0) is 4.79 Å². The van der Waals surface area contributed by atoms with Gasteiger partial charge >= 0.3 is 5.97 Å². The number of rotatable bonds is 2. The Morgan fingerprint density at radius 2 is 2.27 bits per heavy atom. The fourth-order valence-corrected chi connectivity index (χ4v) is 1.44. The lowest BCUT2D eigenvalue weighted by molar-refractivity contribution is -0.140. The summed E-state index contributed by atoms with van der Waals surface area (Å²) < 4.78 is 1.42. The molecule has 0 amide bonds. The van der Waals surface area contributed by atoms with Crippen molar-refractivity contribution in [3.05, 3.63) is 23.8 Å². The van der Waals surface area contributed by atoms with Crippen LogP contribution in [0.5, 0.6) is 0 Å². The molecule has 5 nitrogen and oxygen atoms in total.